The molecule has 3 aliphatic rings. The molecule has 1 fully saturated rings. The fraction of sp³-hybridized carbons (Fsp3) is 0.417. The van der Waals surface area contributed by atoms with Gasteiger partial charge in [-0.25, -0.2) is 8.42 Å². The highest BCUT2D eigenvalue weighted by atomic mass is 32.2. The van der Waals surface area contributed by atoms with Gasteiger partial charge in [0.2, 0.25) is 21.8 Å². The molecule has 1 atom stereocenters. The summed E-state index contributed by atoms with van der Waals surface area (Å²) in [6.07, 6.45) is 2.87. The first-order chi connectivity index (χ1) is 15.4. The van der Waals surface area contributed by atoms with Crippen molar-refractivity contribution in [3.63, 3.8) is 0 Å². The minimum atomic E-state index is -3.56. The van der Waals surface area contributed by atoms with Gasteiger partial charge in [0.25, 0.3) is 0 Å². The fourth-order valence-electron chi connectivity index (χ4n) is 5.15. The van der Waals surface area contributed by atoms with E-state index in [0.29, 0.717) is 38.3 Å². The molecule has 5 rings (SSSR count). The lowest BCUT2D eigenvalue weighted by Crippen LogP contribution is -2.50. The molecule has 0 bridgehead atoms. The zero-order valence-corrected chi connectivity index (χ0v) is 19.0. The number of hydrogen-bond acceptors (Lipinski definition) is 4. The van der Waals surface area contributed by atoms with Crippen LogP contribution >= 0.6 is 0 Å². The number of benzene rings is 2. The third-order valence-corrected chi connectivity index (χ3v) is 8.70. The quantitative estimate of drug-likeness (QED) is 0.715. The molecule has 1 saturated heterocycles. The van der Waals surface area contributed by atoms with Crippen LogP contribution in [0.15, 0.2) is 47.4 Å². The third kappa shape index (κ3) is 3.51. The second-order valence-electron chi connectivity index (χ2n) is 8.79. The van der Waals surface area contributed by atoms with Crippen LogP contribution < -0.4 is 4.90 Å². The molecular weight excluding hydrogens is 426 g/mol. The minimum Gasteiger partial charge on any atom is -0.336 e. The molecule has 7 nitrogen and oxygen atoms in total. The van der Waals surface area contributed by atoms with Gasteiger partial charge in [0, 0.05) is 45.2 Å². The molecule has 2 aromatic carbocycles. The fourth-order valence-corrected chi connectivity index (χ4v) is 6.72. The van der Waals surface area contributed by atoms with Crippen molar-refractivity contribution in [1.82, 2.24) is 9.21 Å². The number of carbonyl (C=O) groups is 2. The summed E-state index contributed by atoms with van der Waals surface area (Å²) < 4.78 is 27.5. The first-order valence-electron chi connectivity index (χ1n) is 11.1. The molecule has 2 amide bonds. The van der Waals surface area contributed by atoms with Crippen molar-refractivity contribution in [1.29, 1.82) is 0 Å². The molecule has 32 heavy (non-hydrogen) atoms. The highest BCUT2D eigenvalue weighted by molar-refractivity contribution is 7.89. The van der Waals surface area contributed by atoms with Crippen LogP contribution in [0.4, 0.5) is 5.69 Å². The predicted octanol–water partition coefficient (Wildman–Crippen LogP) is 2.33. The SMILES string of the molecule is CC(=O)N1c2ccc(S(=O)(=O)N3CCCC3)cc2C[C@H]1C(=O)N1CCc2ccccc2C1. The standard InChI is InChI=1S/C24H27N3O4S/c1-17(28)27-22-9-8-21(32(30,31)26-11-4-5-12-26)14-20(22)15-23(27)24(29)25-13-10-18-6-2-3-7-19(18)16-25/h2-3,6-9,14,23H,4-5,10-13,15-16H2,1H3/t23-/m0/s1. The molecule has 2 aromatic rings. The van der Waals surface area contributed by atoms with E-state index in [4.69, 9.17) is 0 Å². The summed E-state index contributed by atoms with van der Waals surface area (Å²) in [6, 6.07) is 12.4. The van der Waals surface area contributed by atoms with Gasteiger partial charge in [0.15, 0.2) is 0 Å². The van der Waals surface area contributed by atoms with Crippen LogP contribution in [0.1, 0.15) is 36.5 Å². The predicted molar refractivity (Wildman–Crippen MR) is 121 cm³/mol. The summed E-state index contributed by atoms with van der Waals surface area (Å²) >= 11 is 0. The number of rotatable bonds is 3. The van der Waals surface area contributed by atoms with E-state index in [1.54, 1.807) is 18.2 Å². The average Bonchev–Trinajstić information content (AvgIpc) is 3.46. The van der Waals surface area contributed by atoms with E-state index in [1.807, 2.05) is 23.1 Å². The number of hydrogen-bond donors (Lipinski definition) is 0. The van der Waals surface area contributed by atoms with Crippen molar-refractivity contribution in [2.75, 3.05) is 24.5 Å². The summed E-state index contributed by atoms with van der Waals surface area (Å²) in [5.41, 5.74) is 3.76. The molecule has 3 heterocycles. The normalized spacial score (nSPS) is 20.8. The zero-order valence-electron chi connectivity index (χ0n) is 18.2. The van der Waals surface area contributed by atoms with Gasteiger partial charge in [-0.1, -0.05) is 24.3 Å². The first-order valence-corrected chi connectivity index (χ1v) is 12.6. The Hall–Kier alpha value is -2.71. The Balaban J connectivity index is 1.42. The van der Waals surface area contributed by atoms with E-state index in [2.05, 4.69) is 6.07 Å². The second-order valence-corrected chi connectivity index (χ2v) is 10.7. The van der Waals surface area contributed by atoms with Crippen LogP contribution in [-0.2, 0) is 39.0 Å². The molecule has 0 spiro atoms. The zero-order chi connectivity index (χ0) is 22.5. The Kier molecular flexibility index (Phi) is 5.29. The molecule has 0 saturated carbocycles. The molecule has 168 valence electrons. The summed E-state index contributed by atoms with van der Waals surface area (Å²) in [5.74, 6) is -0.301. The Morgan fingerprint density at radius 3 is 2.38 bits per heavy atom. The van der Waals surface area contributed by atoms with Gasteiger partial charge >= 0.3 is 0 Å². The van der Waals surface area contributed by atoms with Crippen molar-refractivity contribution >= 4 is 27.5 Å². The number of carbonyl (C=O) groups excluding carboxylic acids is 2. The maximum Gasteiger partial charge on any atom is 0.246 e. The van der Waals surface area contributed by atoms with Gasteiger partial charge in [0.1, 0.15) is 6.04 Å². The number of nitrogens with zero attached hydrogens (tertiary/aromatic N) is 3. The molecule has 3 aliphatic heterocycles. The minimum absolute atomic E-state index is 0.0881. The van der Waals surface area contributed by atoms with Gasteiger partial charge in [-0.05, 0) is 54.2 Å². The second kappa shape index (κ2) is 8.01. The van der Waals surface area contributed by atoms with Crippen molar-refractivity contribution in [3.05, 3.63) is 59.2 Å². The van der Waals surface area contributed by atoms with Crippen molar-refractivity contribution in [2.24, 2.45) is 0 Å². The van der Waals surface area contributed by atoms with Gasteiger partial charge in [-0.3, -0.25) is 14.5 Å². The lowest BCUT2D eigenvalue weighted by molar-refractivity contribution is -0.135. The molecule has 0 aromatic heterocycles. The number of sulfonamides is 1. The van der Waals surface area contributed by atoms with E-state index in [9.17, 15) is 18.0 Å². The molecule has 0 aliphatic carbocycles. The molecular formula is C24H27N3O4S. The summed E-state index contributed by atoms with van der Waals surface area (Å²) in [5, 5.41) is 0. The van der Waals surface area contributed by atoms with Crippen LogP contribution in [0.5, 0.6) is 0 Å². The molecule has 0 N–H and O–H groups in total. The lowest BCUT2D eigenvalue weighted by atomic mass is 9.99. The number of amides is 2. The van der Waals surface area contributed by atoms with Crippen LogP contribution in [-0.4, -0.2) is 55.1 Å². The number of anilines is 1. The van der Waals surface area contributed by atoms with Crippen molar-refractivity contribution in [3.8, 4) is 0 Å². The first kappa shape index (κ1) is 21.2. The largest absolute Gasteiger partial charge is 0.336 e. The summed E-state index contributed by atoms with van der Waals surface area (Å²) in [4.78, 5) is 29.6. The molecule has 0 unspecified atom stereocenters. The highest BCUT2D eigenvalue weighted by Crippen LogP contribution is 2.36. The Bertz CT molecular complexity index is 1190. The maximum atomic E-state index is 13.5. The third-order valence-electron chi connectivity index (χ3n) is 6.80. The van der Waals surface area contributed by atoms with E-state index in [-0.39, 0.29) is 16.7 Å². The highest BCUT2D eigenvalue weighted by Gasteiger charge is 2.40. The van der Waals surface area contributed by atoms with Crippen molar-refractivity contribution < 1.29 is 18.0 Å². The van der Waals surface area contributed by atoms with E-state index < -0.39 is 16.1 Å². The van der Waals surface area contributed by atoms with Gasteiger partial charge in [-0.2, -0.15) is 4.31 Å². The summed E-state index contributed by atoms with van der Waals surface area (Å²) in [7, 11) is -3.56. The average molecular weight is 454 g/mol. The van der Waals surface area contributed by atoms with Crippen LogP contribution in [0.3, 0.4) is 0 Å². The van der Waals surface area contributed by atoms with Crippen LogP contribution in [0.25, 0.3) is 0 Å². The molecule has 0 radical (unpaired) electrons. The monoisotopic (exact) mass is 453 g/mol. The smallest absolute Gasteiger partial charge is 0.246 e. The molecule has 8 heteroatoms. The van der Waals surface area contributed by atoms with Gasteiger partial charge in [-0.15, -0.1) is 0 Å². The van der Waals surface area contributed by atoms with Crippen molar-refractivity contribution in [2.45, 2.75) is 50.1 Å². The van der Waals surface area contributed by atoms with E-state index >= 15 is 0 Å². The Morgan fingerprint density at radius 1 is 0.938 bits per heavy atom. The van der Waals surface area contributed by atoms with E-state index in [0.717, 1.165) is 30.4 Å². The topological polar surface area (TPSA) is 78.0 Å². The summed E-state index contributed by atoms with van der Waals surface area (Å²) in [6.45, 7) is 3.67. The Morgan fingerprint density at radius 2 is 1.66 bits per heavy atom. The van der Waals surface area contributed by atoms with Gasteiger partial charge < -0.3 is 4.90 Å². The Labute approximate surface area is 188 Å². The van der Waals surface area contributed by atoms with Gasteiger partial charge in [0.05, 0.1) is 4.90 Å². The number of fused-ring (bicyclic) bond motifs is 2. The lowest BCUT2D eigenvalue weighted by Gasteiger charge is -2.33. The van der Waals surface area contributed by atoms with Crippen LogP contribution in [0, 0.1) is 0 Å². The van der Waals surface area contributed by atoms with E-state index in [1.165, 1.54) is 21.7 Å². The maximum absolute atomic E-state index is 13.5. The van der Waals surface area contributed by atoms with Crippen LogP contribution in [0.2, 0.25) is 0 Å².